The molecule has 0 radical (unpaired) electrons. The zero-order valence-electron chi connectivity index (χ0n) is 18.0. The monoisotopic (exact) mass is 454 g/mol. The molecule has 0 atom stereocenters. The van der Waals surface area contributed by atoms with E-state index >= 15 is 0 Å². The highest BCUT2D eigenvalue weighted by atomic mass is 32.2. The summed E-state index contributed by atoms with van der Waals surface area (Å²) in [4.78, 5) is 14.8. The quantitative estimate of drug-likeness (QED) is 0.504. The number of nitrogens with one attached hydrogen (secondary N) is 1. The number of rotatable bonds is 10. The second kappa shape index (κ2) is 10.8. The topological polar surface area (TPSA) is 84.9 Å². The lowest BCUT2D eigenvalue weighted by Crippen LogP contribution is -2.33. The van der Waals surface area contributed by atoms with Crippen molar-refractivity contribution < 1.29 is 22.7 Å². The van der Waals surface area contributed by atoms with E-state index in [9.17, 15) is 13.2 Å². The lowest BCUT2D eigenvalue weighted by atomic mass is 10.1. The van der Waals surface area contributed by atoms with Crippen LogP contribution in [0.1, 0.15) is 15.9 Å². The summed E-state index contributed by atoms with van der Waals surface area (Å²) >= 11 is 0. The second-order valence-corrected chi connectivity index (χ2v) is 8.75. The van der Waals surface area contributed by atoms with Crippen molar-refractivity contribution >= 4 is 21.6 Å². The van der Waals surface area contributed by atoms with Crippen molar-refractivity contribution in [3.05, 3.63) is 90.0 Å². The molecule has 3 aromatic carbocycles. The maximum absolute atomic E-state index is 13.1. The van der Waals surface area contributed by atoms with E-state index in [0.717, 1.165) is 5.56 Å². The number of carbonyl (C=O) groups is 1. The SMILES string of the molecule is COCCN(Cc1ccccc1)C(=O)c1ccc(S(=O)(=O)Nc2ccc(OC)cc2)cc1. The Labute approximate surface area is 188 Å². The fraction of sp³-hybridized carbons (Fsp3) is 0.208. The molecule has 0 fully saturated rings. The summed E-state index contributed by atoms with van der Waals surface area (Å²) < 4.78 is 38.1. The van der Waals surface area contributed by atoms with Crippen LogP contribution in [0.5, 0.6) is 5.75 Å². The Bertz CT molecular complexity index is 1120. The molecule has 1 amide bonds. The number of hydrogen-bond acceptors (Lipinski definition) is 5. The number of sulfonamides is 1. The van der Waals surface area contributed by atoms with Gasteiger partial charge in [0.05, 0.1) is 18.6 Å². The lowest BCUT2D eigenvalue weighted by molar-refractivity contribution is 0.0680. The Morgan fingerprint density at radius 2 is 1.56 bits per heavy atom. The van der Waals surface area contributed by atoms with Gasteiger partial charge in [-0.2, -0.15) is 0 Å². The minimum atomic E-state index is -3.79. The number of hydrogen-bond donors (Lipinski definition) is 1. The highest BCUT2D eigenvalue weighted by Crippen LogP contribution is 2.20. The largest absolute Gasteiger partial charge is 0.497 e. The summed E-state index contributed by atoms with van der Waals surface area (Å²) in [6.45, 7) is 1.25. The second-order valence-electron chi connectivity index (χ2n) is 7.06. The predicted molar refractivity (Wildman–Crippen MR) is 123 cm³/mol. The van der Waals surface area contributed by atoms with Crippen LogP contribution in [0.25, 0.3) is 0 Å². The fourth-order valence-corrected chi connectivity index (χ4v) is 4.15. The summed E-state index contributed by atoms with van der Waals surface area (Å²) in [5, 5.41) is 0. The molecule has 32 heavy (non-hydrogen) atoms. The van der Waals surface area contributed by atoms with Gasteiger partial charge >= 0.3 is 0 Å². The van der Waals surface area contributed by atoms with Crippen molar-refractivity contribution in [1.29, 1.82) is 0 Å². The van der Waals surface area contributed by atoms with Crippen LogP contribution < -0.4 is 9.46 Å². The van der Waals surface area contributed by atoms with Gasteiger partial charge in [-0.15, -0.1) is 0 Å². The molecule has 0 saturated carbocycles. The molecule has 0 saturated heterocycles. The average molecular weight is 455 g/mol. The number of anilines is 1. The van der Waals surface area contributed by atoms with Crippen LogP contribution >= 0.6 is 0 Å². The molecule has 0 aliphatic carbocycles. The van der Waals surface area contributed by atoms with Crippen molar-refractivity contribution in [2.45, 2.75) is 11.4 Å². The van der Waals surface area contributed by atoms with E-state index in [1.54, 1.807) is 36.3 Å². The molecule has 1 N–H and O–H groups in total. The highest BCUT2D eigenvalue weighted by molar-refractivity contribution is 7.92. The van der Waals surface area contributed by atoms with Crippen LogP contribution in [0.3, 0.4) is 0 Å². The highest BCUT2D eigenvalue weighted by Gasteiger charge is 2.19. The van der Waals surface area contributed by atoms with E-state index in [0.29, 0.717) is 36.7 Å². The summed E-state index contributed by atoms with van der Waals surface area (Å²) in [5.41, 5.74) is 1.82. The minimum Gasteiger partial charge on any atom is -0.497 e. The molecule has 7 nitrogen and oxygen atoms in total. The van der Waals surface area contributed by atoms with Gasteiger partial charge in [-0.25, -0.2) is 8.42 Å². The Kier molecular flexibility index (Phi) is 7.86. The number of methoxy groups -OCH3 is 2. The van der Waals surface area contributed by atoms with Gasteiger partial charge in [-0.1, -0.05) is 30.3 Å². The first-order valence-corrected chi connectivity index (χ1v) is 11.5. The number of ether oxygens (including phenoxy) is 2. The molecule has 3 aromatic rings. The zero-order chi connectivity index (χ0) is 23.0. The lowest BCUT2D eigenvalue weighted by Gasteiger charge is -2.23. The van der Waals surface area contributed by atoms with E-state index in [-0.39, 0.29) is 10.8 Å². The smallest absolute Gasteiger partial charge is 0.261 e. The average Bonchev–Trinajstić information content (AvgIpc) is 2.82. The molecule has 0 aromatic heterocycles. The minimum absolute atomic E-state index is 0.0661. The molecule has 0 bridgehead atoms. The maximum Gasteiger partial charge on any atom is 0.261 e. The van der Waals surface area contributed by atoms with E-state index in [1.165, 1.54) is 31.4 Å². The number of carbonyl (C=O) groups excluding carboxylic acids is 1. The predicted octanol–water partition coefficient (Wildman–Crippen LogP) is 3.78. The van der Waals surface area contributed by atoms with Gasteiger partial charge in [0, 0.05) is 31.5 Å². The van der Waals surface area contributed by atoms with Crippen LogP contribution in [-0.4, -0.2) is 46.6 Å². The maximum atomic E-state index is 13.1. The number of amides is 1. The van der Waals surface area contributed by atoms with Crippen LogP contribution in [-0.2, 0) is 21.3 Å². The standard InChI is InChI=1S/C24H26N2O5S/c1-30-17-16-26(18-19-6-4-3-5-7-19)24(27)20-8-14-23(15-9-20)32(28,29)25-21-10-12-22(31-2)13-11-21/h3-15,25H,16-18H2,1-2H3. The summed E-state index contributed by atoms with van der Waals surface area (Å²) in [5.74, 6) is 0.433. The van der Waals surface area contributed by atoms with Gasteiger partial charge in [0.1, 0.15) is 5.75 Å². The molecule has 168 valence electrons. The van der Waals surface area contributed by atoms with E-state index in [4.69, 9.17) is 9.47 Å². The van der Waals surface area contributed by atoms with Crippen LogP contribution in [0.15, 0.2) is 83.8 Å². The molecule has 3 rings (SSSR count). The molecule has 0 aliphatic heterocycles. The Morgan fingerprint density at radius 1 is 0.906 bits per heavy atom. The Balaban J connectivity index is 1.74. The van der Waals surface area contributed by atoms with Gasteiger partial charge < -0.3 is 14.4 Å². The van der Waals surface area contributed by atoms with Crippen molar-refractivity contribution in [1.82, 2.24) is 4.90 Å². The Morgan fingerprint density at radius 3 is 2.16 bits per heavy atom. The Hall–Kier alpha value is -3.36. The van der Waals surface area contributed by atoms with Gasteiger partial charge in [0.15, 0.2) is 0 Å². The molecular formula is C24H26N2O5S. The normalized spacial score (nSPS) is 11.1. The third-order valence-corrected chi connectivity index (χ3v) is 6.22. The van der Waals surface area contributed by atoms with E-state index < -0.39 is 10.0 Å². The van der Waals surface area contributed by atoms with Gasteiger partial charge in [-0.3, -0.25) is 9.52 Å². The van der Waals surface area contributed by atoms with Crippen molar-refractivity contribution in [3.8, 4) is 5.75 Å². The van der Waals surface area contributed by atoms with Gasteiger partial charge in [0.2, 0.25) is 0 Å². The summed E-state index contributed by atoms with van der Waals surface area (Å²) in [6, 6.07) is 22.1. The van der Waals surface area contributed by atoms with Gasteiger partial charge in [-0.05, 0) is 54.1 Å². The zero-order valence-corrected chi connectivity index (χ0v) is 18.8. The van der Waals surface area contributed by atoms with E-state index in [1.807, 2.05) is 30.3 Å². The summed E-state index contributed by atoms with van der Waals surface area (Å²) in [6.07, 6.45) is 0. The van der Waals surface area contributed by atoms with Crippen molar-refractivity contribution in [3.63, 3.8) is 0 Å². The first-order valence-electron chi connectivity index (χ1n) is 10.0. The number of benzene rings is 3. The van der Waals surface area contributed by atoms with Crippen LogP contribution in [0.4, 0.5) is 5.69 Å². The van der Waals surface area contributed by atoms with E-state index in [2.05, 4.69) is 4.72 Å². The van der Waals surface area contributed by atoms with Crippen molar-refractivity contribution in [2.75, 3.05) is 32.1 Å². The summed E-state index contributed by atoms with van der Waals surface area (Å²) in [7, 11) is -0.670. The van der Waals surface area contributed by atoms with Crippen LogP contribution in [0, 0.1) is 0 Å². The first-order chi connectivity index (χ1) is 15.4. The molecular weight excluding hydrogens is 428 g/mol. The fourth-order valence-electron chi connectivity index (χ4n) is 3.09. The molecule has 0 heterocycles. The molecule has 8 heteroatoms. The third kappa shape index (κ3) is 6.09. The molecule has 0 aliphatic rings. The van der Waals surface area contributed by atoms with Crippen molar-refractivity contribution in [2.24, 2.45) is 0 Å². The number of nitrogens with zero attached hydrogens (tertiary/aromatic N) is 1. The third-order valence-electron chi connectivity index (χ3n) is 4.82. The molecule has 0 unspecified atom stereocenters. The first kappa shape index (κ1) is 23.3. The molecule has 0 spiro atoms. The van der Waals surface area contributed by atoms with Gasteiger partial charge in [0.25, 0.3) is 15.9 Å². The van der Waals surface area contributed by atoms with Crippen LogP contribution in [0.2, 0.25) is 0 Å².